The summed E-state index contributed by atoms with van der Waals surface area (Å²) >= 11 is 0. The van der Waals surface area contributed by atoms with Crippen LogP contribution in [0.1, 0.15) is 26.7 Å². The van der Waals surface area contributed by atoms with Crippen molar-refractivity contribution in [2.45, 2.75) is 32.2 Å². The Balaban J connectivity index is 4.28. The van der Waals surface area contributed by atoms with Crippen LogP contribution >= 0.6 is 0 Å². The van der Waals surface area contributed by atoms with Gasteiger partial charge in [0.15, 0.2) is 0 Å². The summed E-state index contributed by atoms with van der Waals surface area (Å²) < 4.78 is 4.91. The number of hydrogen-bond acceptors (Lipinski definition) is 3. The zero-order valence-corrected chi connectivity index (χ0v) is 9.67. The molecule has 4 nitrogen and oxygen atoms in total. The summed E-state index contributed by atoms with van der Waals surface area (Å²) in [6, 6.07) is 0. The number of rotatable bonds is 6. The predicted molar refractivity (Wildman–Crippen MR) is 57.0 cm³/mol. The van der Waals surface area contributed by atoms with E-state index in [-0.39, 0.29) is 5.91 Å². The van der Waals surface area contributed by atoms with Crippen LogP contribution in [0.25, 0.3) is 0 Å². The Morgan fingerprint density at radius 2 is 1.93 bits per heavy atom. The van der Waals surface area contributed by atoms with Gasteiger partial charge in [-0.2, -0.15) is 0 Å². The number of hydrogen-bond donors (Lipinski definition) is 1. The Labute approximate surface area is 86.4 Å². The first-order valence-corrected chi connectivity index (χ1v) is 5.05. The molecule has 0 aliphatic rings. The lowest BCUT2D eigenvalue weighted by atomic mass is 9.92. The molecule has 0 radical (unpaired) electrons. The van der Waals surface area contributed by atoms with Crippen molar-refractivity contribution in [3.63, 3.8) is 0 Å². The van der Waals surface area contributed by atoms with Gasteiger partial charge in [-0.1, -0.05) is 13.8 Å². The molecular formula is C10H22N2O2. The Morgan fingerprint density at radius 3 is 2.29 bits per heavy atom. The van der Waals surface area contributed by atoms with Crippen molar-refractivity contribution in [1.29, 1.82) is 0 Å². The van der Waals surface area contributed by atoms with E-state index in [1.54, 1.807) is 19.1 Å². The van der Waals surface area contributed by atoms with Crippen molar-refractivity contribution in [2.75, 3.05) is 27.3 Å². The van der Waals surface area contributed by atoms with E-state index in [0.29, 0.717) is 26.0 Å². The van der Waals surface area contributed by atoms with Crippen molar-refractivity contribution in [3.8, 4) is 0 Å². The maximum absolute atomic E-state index is 11.9. The molecule has 1 amide bonds. The fourth-order valence-electron chi connectivity index (χ4n) is 1.26. The van der Waals surface area contributed by atoms with Crippen LogP contribution in [0.5, 0.6) is 0 Å². The molecule has 0 aliphatic heterocycles. The number of carbonyl (C=O) groups is 1. The summed E-state index contributed by atoms with van der Waals surface area (Å²) in [6.07, 6.45) is 1.33. The van der Waals surface area contributed by atoms with Crippen molar-refractivity contribution >= 4 is 5.91 Å². The third kappa shape index (κ3) is 3.27. The largest absolute Gasteiger partial charge is 0.383 e. The minimum Gasteiger partial charge on any atom is -0.383 e. The molecule has 4 heteroatoms. The van der Waals surface area contributed by atoms with Crippen LogP contribution in [0, 0.1) is 0 Å². The second-order valence-corrected chi connectivity index (χ2v) is 3.58. The lowest BCUT2D eigenvalue weighted by molar-refractivity contribution is -0.136. The molecule has 0 spiro atoms. The summed E-state index contributed by atoms with van der Waals surface area (Å²) in [6.45, 7) is 5.01. The molecule has 0 aromatic rings. The van der Waals surface area contributed by atoms with Crippen LogP contribution in [-0.2, 0) is 9.53 Å². The smallest absolute Gasteiger partial charge is 0.242 e. The topological polar surface area (TPSA) is 55.6 Å². The molecular weight excluding hydrogens is 180 g/mol. The van der Waals surface area contributed by atoms with E-state index >= 15 is 0 Å². The van der Waals surface area contributed by atoms with E-state index in [1.807, 2.05) is 13.8 Å². The molecule has 0 unspecified atom stereocenters. The first kappa shape index (κ1) is 13.4. The van der Waals surface area contributed by atoms with Gasteiger partial charge in [0.25, 0.3) is 0 Å². The quantitative estimate of drug-likeness (QED) is 0.686. The molecule has 0 bridgehead atoms. The Morgan fingerprint density at radius 1 is 1.43 bits per heavy atom. The molecule has 0 aromatic heterocycles. The monoisotopic (exact) mass is 202 g/mol. The highest BCUT2D eigenvalue weighted by Gasteiger charge is 2.32. The average molecular weight is 202 g/mol. The first-order chi connectivity index (χ1) is 6.51. The van der Waals surface area contributed by atoms with Gasteiger partial charge in [0, 0.05) is 20.7 Å². The van der Waals surface area contributed by atoms with Crippen LogP contribution < -0.4 is 5.73 Å². The molecule has 84 valence electrons. The van der Waals surface area contributed by atoms with Crippen molar-refractivity contribution in [2.24, 2.45) is 5.73 Å². The number of nitrogens with two attached hydrogens (primary N) is 1. The summed E-state index contributed by atoms with van der Waals surface area (Å²) in [7, 11) is 3.38. The van der Waals surface area contributed by atoms with Gasteiger partial charge in [-0.3, -0.25) is 4.79 Å². The molecule has 0 saturated heterocycles. The fraction of sp³-hybridized carbons (Fsp3) is 0.900. The van der Waals surface area contributed by atoms with E-state index in [0.717, 1.165) is 0 Å². The van der Waals surface area contributed by atoms with Gasteiger partial charge in [0.05, 0.1) is 12.1 Å². The molecule has 0 aliphatic carbocycles. The minimum absolute atomic E-state index is 0.000417. The number of carbonyl (C=O) groups excluding carboxylic acids is 1. The van der Waals surface area contributed by atoms with E-state index in [2.05, 4.69) is 0 Å². The van der Waals surface area contributed by atoms with Crippen molar-refractivity contribution in [1.82, 2.24) is 4.90 Å². The summed E-state index contributed by atoms with van der Waals surface area (Å²) in [5, 5.41) is 0. The molecule has 0 fully saturated rings. The van der Waals surface area contributed by atoms with E-state index < -0.39 is 5.54 Å². The van der Waals surface area contributed by atoms with Crippen LogP contribution in [0.4, 0.5) is 0 Å². The number of ether oxygens (including phenoxy) is 1. The lowest BCUT2D eigenvalue weighted by Crippen LogP contribution is -2.54. The van der Waals surface area contributed by atoms with Gasteiger partial charge in [0.1, 0.15) is 0 Å². The van der Waals surface area contributed by atoms with Gasteiger partial charge in [0.2, 0.25) is 5.91 Å². The Kier molecular flexibility index (Phi) is 5.72. The maximum atomic E-state index is 11.9. The van der Waals surface area contributed by atoms with E-state index in [9.17, 15) is 4.79 Å². The lowest BCUT2D eigenvalue weighted by Gasteiger charge is -2.30. The zero-order valence-electron chi connectivity index (χ0n) is 9.67. The highest BCUT2D eigenvalue weighted by atomic mass is 16.5. The third-order valence-electron chi connectivity index (χ3n) is 2.67. The Bertz CT molecular complexity index is 179. The third-order valence-corrected chi connectivity index (χ3v) is 2.67. The molecule has 2 N–H and O–H groups in total. The van der Waals surface area contributed by atoms with Crippen molar-refractivity contribution < 1.29 is 9.53 Å². The highest BCUT2D eigenvalue weighted by molar-refractivity contribution is 5.85. The van der Waals surface area contributed by atoms with Gasteiger partial charge in [-0.05, 0) is 12.8 Å². The van der Waals surface area contributed by atoms with Gasteiger partial charge < -0.3 is 15.4 Å². The summed E-state index contributed by atoms with van der Waals surface area (Å²) in [5.41, 5.74) is 5.27. The van der Waals surface area contributed by atoms with E-state index in [4.69, 9.17) is 10.5 Å². The number of methoxy groups -OCH3 is 1. The minimum atomic E-state index is -0.706. The maximum Gasteiger partial charge on any atom is 0.242 e. The summed E-state index contributed by atoms with van der Waals surface area (Å²) in [5.74, 6) is -0.000417. The zero-order chi connectivity index (χ0) is 11.2. The van der Waals surface area contributed by atoms with Gasteiger partial charge in [-0.25, -0.2) is 0 Å². The van der Waals surface area contributed by atoms with Crippen LogP contribution in [-0.4, -0.2) is 43.7 Å². The van der Waals surface area contributed by atoms with Crippen LogP contribution in [0.2, 0.25) is 0 Å². The average Bonchev–Trinajstić information content (AvgIpc) is 2.23. The number of nitrogens with zero attached hydrogens (tertiary/aromatic N) is 1. The number of amides is 1. The molecule has 0 heterocycles. The second kappa shape index (κ2) is 5.98. The van der Waals surface area contributed by atoms with Gasteiger partial charge >= 0.3 is 0 Å². The molecule has 0 atom stereocenters. The Hall–Kier alpha value is -0.610. The molecule has 0 saturated carbocycles. The fourth-order valence-corrected chi connectivity index (χ4v) is 1.26. The van der Waals surface area contributed by atoms with E-state index in [1.165, 1.54) is 0 Å². The number of likely N-dealkylation sites (N-methyl/N-ethyl adjacent to an activating group) is 1. The van der Waals surface area contributed by atoms with Gasteiger partial charge in [-0.15, -0.1) is 0 Å². The summed E-state index contributed by atoms with van der Waals surface area (Å²) in [4.78, 5) is 13.5. The second-order valence-electron chi connectivity index (χ2n) is 3.58. The van der Waals surface area contributed by atoms with Crippen LogP contribution in [0.3, 0.4) is 0 Å². The molecule has 0 rings (SSSR count). The van der Waals surface area contributed by atoms with Crippen molar-refractivity contribution in [3.05, 3.63) is 0 Å². The normalized spacial score (nSPS) is 11.5. The molecule has 14 heavy (non-hydrogen) atoms. The van der Waals surface area contributed by atoms with Crippen LogP contribution in [0.15, 0.2) is 0 Å². The standard InChI is InChI=1S/C10H22N2O2/c1-5-10(11,6-2)9(13)12(3)7-8-14-4/h5-8,11H2,1-4H3. The first-order valence-electron chi connectivity index (χ1n) is 5.05. The predicted octanol–water partition coefficient (Wildman–Crippen LogP) is 0.609. The molecule has 0 aromatic carbocycles. The SMILES string of the molecule is CCC(N)(CC)C(=O)N(C)CCOC. The highest BCUT2D eigenvalue weighted by Crippen LogP contribution is 2.14.